The molecule has 0 heterocycles. The predicted octanol–water partition coefficient (Wildman–Crippen LogP) is 15.7. The van der Waals surface area contributed by atoms with Gasteiger partial charge in [0.25, 0.3) is 0 Å². The SMILES string of the molecule is CC(C)[C@H](C)CC[C@@H](C)[C@H]1CC[C@H]2[C@@H]3CC=C4C[C@@H](O)CC[C@]4(C)[C@H]3CC[C@]12C.CC[C@H](CC[C@@H](C)[C@H]1CC[C@H]2[C@@H]3CC=C4C[C@@H](O)CC[C@]4(C)[C@H]3CC[C@]12C)C(C)C. The van der Waals surface area contributed by atoms with E-state index in [0.717, 1.165) is 109 Å². The number of fused-ring (bicyclic) bond motifs is 10. The van der Waals surface area contributed by atoms with Crippen molar-refractivity contribution in [3.05, 3.63) is 23.3 Å². The van der Waals surface area contributed by atoms with Crippen LogP contribution < -0.4 is 0 Å². The Bertz CT molecular complexity index is 1470. The summed E-state index contributed by atoms with van der Waals surface area (Å²) in [5.41, 5.74) is 5.17. The lowest BCUT2D eigenvalue weighted by atomic mass is 9.47. The Kier molecular flexibility index (Phi) is 14.2. The van der Waals surface area contributed by atoms with Crippen molar-refractivity contribution < 1.29 is 10.2 Å². The topological polar surface area (TPSA) is 40.5 Å². The van der Waals surface area contributed by atoms with Crippen molar-refractivity contribution in [1.29, 1.82) is 0 Å². The summed E-state index contributed by atoms with van der Waals surface area (Å²) in [5.74, 6) is 12.5. The van der Waals surface area contributed by atoms with Gasteiger partial charge in [0, 0.05) is 0 Å². The number of allylic oxidation sites excluding steroid dienone is 2. The number of rotatable bonds is 11. The van der Waals surface area contributed by atoms with E-state index in [1.165, 1.54) is 109 Å². The van der Waals surface area contributed by atoms with E-state index in [0.29, 0.717) is 21.7 Å². The van der Waals surface area contributed by atoms with Crippen LogP contribution in [-0.2, 0) is 0 Å². The summed E-state index contributed by atoms with van der Waals surface area (Å²) >= 11 is 0. The number of aliphatic hydroxyl groups is 2. The Morgan fingerprint density at radius 3 is 1.37 bits per heavy atom. The molecule has 0 radical (unpaired) electrons. The van der Waals surface area contributed by atoms with Crippen LogP contribution in [0.25, 0.3) is 0 Å². The zero-order chi connectivity index (χ0) is 42.7. The van der Waals surface area contributed by atoms with Crippen molar-refractivity contribution in [2.45, 2.75) is 230 Å². The van der Waals surface area contributed by atoms with Gasteiger partial charge in [-0.2, -0.15) is 0 Å². The average molecular weight is 815 g/mol. The molecule has 0 aromatic heterocycles. The fourth-order valence-electron chi connectivity index (χ4n) is 18.0. The number of hydrogen-bond donors (Lipinski definition) is 2. The second kappa shape index (κ2) is 18.1. The van der Waals surface area contributed by atoms with Gasteiger partial charge >= 0.3 is 0 Å². The average Bonchev–Trinajstić information content (AvgIpc) is 3.74. The first kappa shape index (κ1) is 46.4. The molecule has 8 rings (SSSR count). The summed E-state index contributed by atoms with van der Waals surface area (Å²) in [6.07, 6.45) is 32.8. The second-order valence-corrected chi connectivity index (χ2v) is 25.5. The Morgan fingerprint density at radius 1 is 0.525 bits per heavy atom. The van der Waals surface area contributed by atoms with E-state index in [1.54, 1.807) is 11.1 Å². The van der Waals surface area contributed by atoms with Crippen molar-refractivity contribution in [3.8, 4) is 0 Å². The smallest absolute Gasteiger partial charge is 0.0577 e. The molecule has 0 aromatic rings. The van der Waals surface area contributed by atoms with E-state index >= 15 is 0 Å². The largest absolute Gasteiger partial charge is 0.393 e. The number of hydrogen-bond acceptors (Lipinski definition) is 2. The molecule has 0 saturated heterocycles. The van der Waals surface area contributed by atoms with Crippen LogP contribution in [0.15, 0.2) is 23.3 Å². The van der Waals surface area contributed by atoms with E-state index in [4.69, 9.17) is 0 Å². The minimum atomic E-state index is -0.0794. The van der Waals surface area contributed by atoms with Gasteiger partial charge < -0.3 is 10.2 Å². The zero-order valence-electron chi connectivity index (χ0n) is 41.1. The quantitative estimate of drug-likeness (QED) is 0.204. The normalized spacial score (nSPS) is 45.9. The fraction of sp³-hybridized carbons (Fsp3) is 0.930. The lowest BCUT2D eigenvalue weighted by Gasteiger charge is -2.58. The Morgan fingerprint density at radius 2 is 0.966 bits per heavy atom. The molecule has 0 unspecified atom stereocenters. The molecule has 0 amide bonds. The van der Waals surface area contributed by atoms with E-state index in [1.807, 2.05) is 0 Å². The highest BCUT2D eigenvalue weighted by atomic mass is 16.3. The number of aliphatic hydroxyl groups excluding tert-OH is 2. The Hall–Kier alpha value is -0.600. The molecule has 2 heteroatoms. The minimum absolute atomic E-state index is 0.0790. The lowest BCUT2D eigenvalue weighted by Crippen LogP contribution is -2.50. The van der Waals surface area contributed by atoms with Gasteiger partial charge in [-0.05, 0) is 214 Å². The van der Waals surface area contributed by atoms with Crippen LogP contribution in [-0.4, -0.2) is 22.4 Å². The summed E-state index contributed by atoms with van der Waals surface area (Å²) in [6, 6.07) is 0. The highest BCUT2D eigenvalue weighted by Gasteiger charge is 2.61. The third-order valence-electron chi connectivity index (χ3n) is 22.4. The van der Waals surface area contributed by atoms with Gasteiger partial charge in [-0.25, -0.2) is 0 Å². The van der Waals surface area contributed by atoms with Crippen LogP contribution in [0.1, 0.15) is 218 Å². The van der Waals surface area contributed by atoms with Gasteiger partial charge in [0.15, 0.2) is 0 Å². The second-order valence-electron chi connectivity index (χ2n) is 25.5. The van der Waals surface area contributed by atoms with Gasteiger partial charge in [0.2, 0.25) is 0 Å². The molecule has 8 aliphatic carbocycles. The summed E-state index contributed by atoms with van der Waals surface area (Å²) < 4.78 is 0. The van der Waals surface area contributed by atoms with Crippen LogP contribution in [0.4, 0.5) is 0 Å². The Labute approximate surface area is 366 Å². The van der Waals surface area contributed by atoms with E-state index in [2.05, 4.69) is 95.2 Å². The molecular formula is C57H98O2. The molecule has 18 atom stereocenters. The van der Waals surface area contributed by atoms with Gasteiger partial charge in [-0.3, -0.25) is 0 Å². The fourth-order valence-corrected chi connectivity index (χ4v) is 18.0. The molecule has 2 N–H and O–H groups in total. The summed E-state index contributed by atoms with van der Waals surface area (Å²) in [6.45, 7) is 30.2. The first-order valence-corrected chi connectivity index (χ1v) is 26.6. The van der Waals surface area contributed by atoms with Crippen molar-refractivity contribution in [3.63, 3.8) is 0 Å². The van der Waals surface area contributed by atoms with Crippen LogP contribution in [0, 0.1) is 105 Å². The van der Waals surface area contributed by atoms with Crippen LogP contribution >= 0.6 is 0 Å². The van der Waals surface area contributed by atoms with Crippen molar-refractivity contribution in [1.82, 2.24) is 0 Å². The maximum Gasteiger partial charge on any atom is 0.0577 e. The van der Waals surface area contributed by atoms with Crippen molar-refractivity contribution in [2.75, 3.05) is 0 Å². The maximum absolute atomic E-state index is 10.2. The highest BCUT2D eigenvalue weighted by Crippen LogP contribution is 2.69. The first-order valence-electron chi connectivity index (χ1n) is 26.6. The van der Waals surface area contributed by atoms with E-state index in [-0.39, 0.29) is 12.2 Å². The molecule has 338 valence electrons. The molecule has 8 aliphatic rings. The van der Waals surface area contributed by atoms with Gasteiger partial charge in [-0.1, -0.05) is 132 Å². The molecule has 0 spiro atoms. The monoisotopic (exact) mass is 815 g/mol. The van der Waals surface area contributed by atoms with Gasteiger partial charge in [0.05, 0.1) is 12.2 Å². The first-order chi connectivity index (χ1) is 27.9. The summed E-state index contributed by atoms with van der Waals surface area (Å²) in [7, 11) is 0. The van der Waals surface area contributed by atoms with Gasteiger partial charge in [0.1, 0.15) is 0 Å². The Balaban J connectivity index is 0.000000179. The third-order valence-corrected chi connectivity index (χ3v) is 22.4. The molecule has 2 nitrogen and oxygen atoms in total. The van der Waals surface area contributed by atoms with Crippen LogP contribution in [0.5, 0.6) is 0 Å². The minimum Gasteiger partial charge on any atom is -0.393 e. The maximum atomic E-state index is 10.2. The molecule has 6 fully saturated rings. The third kappa shape index (κ3) is 8.57. The summed E-state index contributed by atoms with van der Waals surface area (Å²) in [5, 5.41) is 20.5. The molecular weight excluding hydrogens is 717 g/mol. The zero-order valence-corrected chi connectivity index (χ0v) is 41.1. The standard InChI is InChI=1S/C29H50O.C28H48O/c1-7-21(19(2)3)9-8-20(4)25-12-13-26-24-11-10-22-18-23(30)14-16-28(22,5)27(24)15-17-29(25,26)6;1-18(2)19(3)7-8-20(4)24-11-12-25-23-10-9-21-17-22(29)13-15-27(21,5)26(23)14-16-28(24,25)6/h10,19-21,23-27,30H,7-9,11-18H2,1-6H3;9,18-20,22-26,29H,7-8,10-17H2,1-6H3/t20-,21-,23+,24+,25-,26+,27+,28+,29-;19-,20-,22+,23+,24-,25+,26+,27+,28-/m11/s1. The lowest BCUT2D eigenvalue weighted by molar-refractivity contribution is -0.0575. The molecule has 0 bridgehead atoms. The molecule has 6 saturated carbocycles. The molecule has 0 aromatic carbocycles. The van der Waals surface area contributed by atoms with E-state index in [9.17, 15) is 10.2 Å². The van der Waals surface area contributed by atoms with Crippen LogP contribution in [0.2, 0.25) is 0 Å². The summed E-state index contributed by atoms with van der Waals surface area (Å²) in [4.78, 5) is 0. The molecule has 0 aliphatic heterocycles. The predicted molar refractivity (Wildman–Crippen MR) is 252 cm³/mol. The highest BCUT2D eigenvalue weighted by molar-refractivity contribution is 5.27. The van der Waals surface area contributed by atoms with E-state index < -0.39 is 0 Å². The van der Waals surface area contributed by atoms with Crippen molar-refractivity contribution in [2.24, 2.45) is 105 Å². The van der Waals surface area contributed by atoms with Crippen molar-refractivity contribution >= 4 is 0 Å². The van der Waals surface area contributed by atoms with Crippen LogP contribution in [0.3, 0.4) is 0 Å². The molecule has 59 heavy (non-hydrogen) atoms. The van der Waals surface area contributed by atoms with Gasteiger partial charge in [-0.15, -0.1) is 0 Å².